The van der Waals surface area contributed by atoms with Gasteiger partial charge in [0.25, 0.3) is 0 Å². The summed E-state index contributed by atoms with van der Waals surface area (Å²) in [4.78, 5) is 14.5. The monoisotopic (exact) mass is 291 g/mol. The molecule has 2 heterocycles. The minimum Gasteiger partial charge on any atom is -0.461 e. The third kappa shape index (κ3) is 1.66. The van der Waals surface area contributed by atoms with Crippen LogP contribution in [0.15, 0.2) is 11.6 Å². The van der Waals surface area contributed by atoms with Crippen molar-refractivity contribution < 1.29 is 14.3 Å². The summed E-state index contributed by atoms with van der Waals surface area (Å²) in [7, 11) is 4.06. The minimum absolute atomic E-state index is 0.00203. The van der Waals surface area contributed by atoms with Crippen molar-refractivity contribution in [3.8, 4) is 0 Å². The van der Waals surface area contributed by atoms with Crippen LogP contribution in [0.5, 0.6) is 0 Å². The number of carbonyl (C=O) groups excluding carboxylic acids is 1. The molecule has 1 saturated carbocycles. The lowest BCUT2D eigenvalue weighted by atomic mass is 9.77. The summed E-state index contributed by atoms with van der Waals surface area (Å²) in [6.45, 7) is 5.22. The number of nitrogens with zero attached hydrogens (tertiary/aromatic N) is 1. The van der Waals surface area contributed by atoms with Gasteiger partial charge in [-0.05, 0) is 47.2 Å². The van der Waals surface area contributed by atoms with Crippen LogP contribution in [0.25, 0.3) is 0 Å². The Balaban J connectivity index is 1.69. The molecule has 4 nitrogen and oxygen atoms in total. The highest BCUT2D eigenvalue weighted by Gasteiger charge is 2.75. The lowest BCUT2D eigenvalue weighted by Crippen LogP contribution is -2.38. The maximum absolute atomic E-state index is 12.4. The van der Waals surface area contributed by atoms with Crippen molar-refractivity contribution in [1.29, 1.82) is 0 Å². The third-order valence-electron chi connectivity index (χ3n) is 6.32. The van der Waals surface area contributed by atoms with Gasteiger partial charge < -0.3 is 14.4 Å². The van der Waals surface area contributed by atoms with Crippen LogP contribution < -0.4 is 0 Å². The smallest absolute Gasteiger partial charge is 0.310 e. The Morgan fingerprint density at radius 3 is 2.90 bits per heavy atom. The van der Waals surface area contributed by atoms with Crippen LogP contribution in [0.1, 0.15) is 33.1 Å². The highest BCUT2D eigenvalue weighted by atomic mass is 16.6. The Kier molecular flexibility index (Phi) is 2.69. The predicted molar refractivity (Wildman–Crippen MR) is 78.7 cm³/mol. The van der Waals surface area contributed by atoms with Gasteiger partial charge in [0, 0.05) is 18.4 Å². The first-order chi connectivity index (χ1) is 9.88. The summed E-state index contributed by atoms with van der Waals surface area (Å²) in [6.07, 6.45) is 5.39. The summed E-state index contributed by atoms with van der Waals surface area (Å²) in [5.74, 6) is 0.636. The molecule has 4 rings (SSSR count). The quantitative estimate of drug-likeness (QED) is 0.443. The molecule has 0 aromatic heterocycles. The first kappa shape index (κ1) is 13.8. The number of fused-ring (bicyclic) bond motifs is 2. The van der Waals surface area contributed by atoms with Gasteiger partial charge in [-0.1, -0.05) is 11.6 Å². The minimum atomic E-state index is -0.0796. The van der Waals surface area contributed by atoms with Gasteiger partial charge in [0.05, 0.1) is 11.5 Å². The molecule has 6 unspecified atom stereocenters. The molecule has 2 aliphatic carbocycles. The van der Waals surface area contributed by atoms with Crippen molar-refractivity contribution >= 4 is 5.97 Å². The van der Waals surface area contributed by atoms with Gasteiger partial charge in [-0.25, -0.2) is 0 Å². The van der Waals surface area contributed by atoms with Crippen LogP contribution in [0.4, 0.5) is 0 Å². The standard InChI is InChI=1S/C17H25NO3/c1-10-5-8-17-13(10)14-11(6-7-16(17,2)21-17)12(9-18(3)4)15(19)20-14/h5,11-14H,6-9H2,1-4H3. The topological polar surface area (TPSA) is 42.1 Å². The Labute approximate surface area is 126 Å². The van der Waals surface area contributed by atoms with E-state index < -0.39 is 0 Å². The van der Waals surface area contributed by atoms with Gasteiger partial charge >= 0.3 is 5.97 Å². The van der Waals surface area contributed by atoms with E-state index in [1.54, 1.807) is 0 Å². The molecule has 21 heavy (non-hydrogen) atoms. The number of hydrogen-bond donors (Lipinski definition) is 0. The number of ether oxygens (including phenoxy) is 2. The van der Waals surface area contributed by atoms with Crippen LogP contribution in [-0.4, -0.2) is 48.8 Å². The largest absolute Gasteiger partial charge is 0.461 e. The highest BCUT2D eigenvalue weighted by Crippen LogP contribution is 2.67. The molecule has 116 valence electrons. The van der Waals surface area contributed by atoms with Gasteiger partial charge in [-0.3, -0.25) is 4.79 Å². The number of esters is 1. The zero-order valence-corrected chi connectivity index (χ0v) is 13.4. The first-order valence-corrected chi connectivity index (χ1v) is 8.10. The Morgan fingerprint density at radius 2 is 2.19 bits per heavy atom. The Bertz CT molecular complexity index is 528. The fourth-order valence-corrected chi connectivity index (χ4v) is 5.19. The Hall–Kier alpha value is -0.870. The maximum Gasteiger partial charge on any atom is 0.310 e. The van der Waals surface area contributed by atoms with E-state index in [0.717, 1.165) is 25.8 Å². The first-order valence-electron chi connectivity index (χ1n) is 8.10. The second-order valence-corrected chi connectivity index (χ2v) is 7.83. The summed E-state index contributed by atoms with van der Waals surface area (Å²) in [6, 6.07) is 0. The summed E-state index contributed by atoms with van der Waals surface area (Å²) in [5.41, 5.74) is 1.27. The summed E-state index contributed by atoms with van der Waals surface area (Å²) in [5, 5.41) is 0. The second kappa shape index (κ2) is 4.11. The van der Waals surface area contributed by atoms with Crippen LogP contribution >= 0.6 is 0 Å². The Morgan fingerprint density at radius 1 is 1.43 bits per heavy atom. The second-order valence-electron chi connectivity index (χ2n) is 7.83. The van der Waals surface area contributed by atoms with E-state index in [4.69, 9.17) is 9.47 Å². The highest BCUT2D eigenvalue weighted by molar-refractivity contribution is 5.76. The normalized spacial score (nSPS) is 50.9. The van der Waals surface area contributed by atoms with E-state index in [-0.39, 0.29) is 35.1 Å². The van der Waals surface area contributed by atoms with Gasteiger partial charge in [0.2, 0.25) is 0 Å². The van der Waals surface area contributed by atoms with E-state index in [1.807, 2.05) is 14.1 Å². The molecule has 2 saturated heterocycles. The average molecular weight is 291 g/mol. The maximum atomic E-state index is 12.4. The molecule has 0 amide bonds. The predicted octanol–water partition coefficient (Wildman–Crippen LogP) is 1.99. The fourth-order valence-electron chi connectivity index (χ4n) is 5.19. The van der Waals surface area contributed by atoms with Crippen molar-refractivity contribution in [3.63, 3.8) is 0 Å². The third-order valence-corrected chi connectivity index (χ3v) is 6.32. The molecule has 0 radical (unpaired) electrons. The van der Waals surface area contributed by atoms with E-state index >= 15 is 0 Å². The molecule has 6 atom stereocenters. The van der Waals surface area contributed by atoms with Crippen LogP contribution in [0, 0.1) is 17.8 Å². The average Bonchev–Trinajstić information content (AvgIpc) is 2.71. The SMILES string of the molecule is CC1=CCC23OC2(C)CCC2C(CN(C)C)C(=O)OC2C13. The van der Waals surface area contributed by atoms with E-state index in [2.05, 4.69) is 24.8 Å². The molecule has 1 spiro atoms. The van der Waals surface area contributed by atoms with Gasteiger partial charge in [-0.2, -0.15) is 0 Å². The van der Waals surface area contributed by atoms with E-state index in [1.165, 1.54) is 5.57 Å². The van der Waals surface area contributed by atoms with Gasteiger partial charge in [-0.15, -0.1) is 0 Å². The lowest BCUT2D eigenvalue weighted by Gasteiger charge is -2.28. The van der Waals surface area contributed by atoms with Crippen LogP contribution in [0.3, 0.4) is 0 Å². The molecule has 4 aliphatic rings. The van der Waals surface area contributed by atoms with Crippen molar-refractivity contribution in [2.75, 3.05) is 20.6 Å². The molecule has 0 aromatic rings. The van der Waals surface area contributed by atoms with Crippen LogP contribution in [-0.2, 0) is 14.3 Å². The summed E-state index contributed by atoms with van der Waals surface area (Å²) >= 11 is 0. The van der Waals surface area contributed by atoms with Crippen LogP contribution in [0.2, 0.25) is 0 Å². The molecule has 0 N–H and O–H groups in total. The molecular weight excluding hydrogens is 266 g/mol. The molecule has 0 aromatic carbocycles. The van der Waals surface area contributed by atoms with E-state index in [9.17, 15) is 4.79 Å². The molecule has 0 bridgehead atoms. The number of rotatable bonds is 2. The zero-order chi connectivity index (χ0) is 15.0. The zero-order valence-electron chi connectivity index (χ0n) is 13.4. The number of epoxide rings is 1. The molecule has 2 aliphatic heterocycles. The van der Waals surface area contributed by atoms with Crippen molar-refractivity contribution in [2.24, 2.45) is 17.8 Å². The van der Waals surface area contributed by atoms with Gasteiger partial charge in [0.1, 0.15) is 11.7 Å². The molecule has 4 heteroatoms. The van der Waals surface area contributed by atoms with Crippen molar-refractivity contribution in [2.45, 2.75) is 50.4 Å². The molecule has 3 fully saturated rings. The molecular formula is C17H25NO3. The van der Waals surface area contributed by atoms with Crippen molar-refractivity contribution in [1.82, 2.24) is 4.90 Å². The number of hydrogen-bond acceptors (Lipinski definition) is 4. The van der Waals surface area contributed by atoms with E-state index in [0.29, 0.717) is 5.92 Å². The lowest BCUT2D eigenvalue weighted by molar-refractivity contribution is -0.146. The fraction of sp³-hybridized carbons (Fsp3) is 0.824. The summed E-state index contributed by atoms with van der Waals surface area (Å²) < 4.78 is 12.1. The number of carbonyl (C=O) groups is 1. The van der Waals surface area contributed by atoms with Crippen molar-refractivity contribution in [3.05, 3.63) is 11.6 Å². The van der Waals surface area contributed by atoms with Gasteiger partial charge in [0.15, 0.2) is 0 Å².